The lowest BCUT2D eigenvalue weighted by atomic mass is 9.65. The average Bonchev–Trinajstić information content (AvgIpc) is 2.61. The van der Waals surface area contributed by atoms with Crippen molar-refractivity contribution in [3.63, 3.8) is 0 Å². The highest BCUT2D eigenvalue weighted by Crippen LogP contribution is 2.42. The van der Waals surface area contributed by atoms with Crippen LogP contribution in [0.15, 0.2) is 18.2 Å². The third kappa shape index (κ3) is 5.47. The van der Waals surface area contributed by atoms with Crippen LogP contribution in [0.4, 0.5) is 8.78 Å². The van der Waals surface area contributed by atoms with Crippen LogP contribution >= 0.6 is 12.4 Å². The van der Waals surface area contributed by atoms with Crippen LogP contribution < -0.4 is 20.5 Å². The van der Waals surface area contributed by atoms with E-state index in [1.54, 1.807) is 19.1 Å². The predicted molar refractivity (Wildman–Crippen MR) is 105 cm³/mol. The van der Waals surface area contributed by atoms with Crippen molar-refractivity contribution in [1.29, 1.82) is 0 Å². The van der Waals surface area contributed by atoms with Gasteiger partial charge in [-0.05, 0) is 62.1 Å². The van der Waals surface area contributed by atoms with Crippen molar-refractivity contribution in [1.82, 2.24) is 5.32 Å². The predicted octanol–water partition coefficient (Wildman–Crippen LogP) is 3.88. The zero-order valence-corrected chi connectivity index (χ0v) is 16.9. The van der Waals surface area contributed by atoms with E-state index in [-0.39, 0.29) is 41.8 Å². The molecule has 5 nitrogen and oxygen atoms in total. The van der Waals surface area contributed by atoms with Crippen LogP contribution in [0.2, 0.25) is 0 Å². The Kier molecular flexibility index (Phi) is 8.31. The number of benzene rings is 1. The van der Waals surface area contributed by atoms with Gasteiger partial charge < -0.3 is 20.5 Å². The number of nitrogens with two attached hydrogens (primary N) is 1. The van der Waals surface area contributed by atoms with Gasteiger partial charge in [-0.15, -0.1) is 12.4 Å². The Morgan fingerprint density at radius 1 is 1.25 bits per heavy atom. The summed E-state index contributed by atoms with van der Waals surface area (Å²) in [6, 6.07) is 4.97. The minimum Gasteiger partial charge on any atom is -0.490 e. The largest absolute Gasteiger partial charge is 0.490 e. The van der Waals surface area contributed by atoms with Crippen molar-refractivity contribution in [2.24, 2.45) is 23.5 Å². The number of nitrogens with one attached hydrogen (secondary N) is 1. The topological polar surface area (TPSA) is 73.6 Å². The monoisotopic (exact) mass is 418 g/mol. The number of hydrogen-bond donors (Lipinski definition) is 2. The first-order valence-electron chi connectivity index (χ1n) is 9.71. The van der Waals surface area contributed by atoms with Crippen LogP contribution in [0.25, 0.3) is 0 Å². The number of ether oxygens (including phenoxy) is 2. The molecule has 0 saturated heterocycles. The minimum atomic E-state index is -2.91. The molecule has 28 heavy (non-hydrogen) atoms. The summed E-state index contributed by atoms with van der Waals surface area (Å²) in [5, 5.41) is 2.98. The highest BCUT2D eigenvalue weighted by molar-refractivity contribution is 5.85. The molecule has 2 aliphatic rings. The van der Waals surface area contributed by atoms with E-state index in [1.807, 2.05) is 0 Å². The van der Waals surface area contributed by atoms with E-state index in [2.05, 4.69) is 10.1 Å². The van der Waals surface area contributed by atoms with E-state index in [1.165, 1.54) is 12.5 Å². The lowest BCUT2D eigenvalue weighted by Crippen LogP contribution is -2.49. The van der Waals surface area contributed by atoms with E-state index in [4.69, 9.17) is 10.5 Å². The molecular formula is C20H29ClF2N2O3. The van der Waals surface area contributed by atoms with Crippen molar-refractivity contribution in [3.8, 4) is 11.5 Å². The van der Waals surface area contributed by atoms with E-state index >= 15 is 0 Å². The fourth-order valence-corrected chi connectivity index (χ4v) is 4.46. The normalized spacial score (nSPS) is 26.3. The van der Waals surface area contributed by atoms with E-state index in [0.717, 1.165) is 31.2 Å². The molecule has 0 aliphatic heterocycles. The summed E-state index contributed by atoms with van der Waals surface area (Å²) in [6.45, 7) is -0.482. The van der Waals surface area contributed by atoms with Gasteiger partial charge in [0.15, 0.2) is 11.5 Å². The minimum absolute atomic E-state index is 0. The number of carbonyl (C=O) groups is 1. The fraction of sp³-hybridized carbons (Fsp3) is 0.650. The molecule has 1 aromatic carbocycles. The third-order valence-electron chi connectivity index (χ3n) is 5.77. The van der Waals surface area contributed by atoms with Crippen molar-refractivity contribution in [2.75, 3.05) is 6.61 Å². The number of halogens is 3. The molecule has 2 saturated carbocycles. The Hall–Kier alpha value is -1.60. The summed E-state index contributed by atoms with van der Waals surface area (Å²) in [5.41, 5.74) is 7.07. The van der Waals surface area contributed by atoms with Crippen LogP contribution in [0.1, 0.15) is 44.6 Å². The molecule has 1 amide bonds. The Morgan fingerprint density at radius 3 is 2.54 bits per heavy atom. The van der Waals surface area contributed by atoms with Crippen LogP contribution in [0.5, 0.6) is 11.5 Å². The van der Waals surface area contributed by atoms with Crippen molar-refractivity contribution < 1.29 is 23.0 Å². The second-order valence-corrected chi connectivity index (χ2v) is 7.51. The van der Waals surface area contributed by atoms with Gasteiger partial charge in [0.1, 0.15) is 0 Å². The molecule has 158 valence electrons. The second kappa shape index (κ2) is 10.3. The molecule has 0 aromatic heterocycles. The SMILES string of the molecule is CCOc1cc(CNC(=O)C2CC3CCCC(C2)C3N)ccc1OC(F)F.Cl. The van der Waals surface area contributed by atoms with Gasteiger partial charge >= 0.3 is 6.61 Å². The maximum Gasteiger partial charge on any atom is 0.387 e. The Labute approximate surface area is 170 Å². The standard InChI is InChI=1S/C20H28F2N2O3.ClH/c1-2-26-17-8-12(6-7-16(17)27-20(21)22)11-24-19(25)15-9-13-4-3-5-14(10-15)18(13)23;/h6-8,13-15,18,20H,2-5,9-11,23H2,1H3,(H,24,25);1H. The molecule has 0 heterocycles. The Bertz CT molecular complexity index is 648. The maximum absolute atomic E-state index is 12.6. The van der Waals surface area contributed by atoms with Crippen LogP contribution in [-0.4, -0.2) is 25.2 Å². The van der Waals surface area contributed by atoms with Gasteiger partial charge in [0, 0.05) is 18.5 Å². The van der Waals surface area contributed by atoms with Gasteiger partial charge in [-0.1, -0.05) is 12.5 Å². The molecule has 2 atom stereocenters. The summed E-state index contributed by atoms with van der Waals surface area (Å²) < 4.78 is 34.8. The quantitative estimate of drug-likeness (QED) is 0.704. The molecule has 3 rings (SSSR count). The zero-order chi connectivity index (χ0) is 19.4. The summed E-state index contributed by atoms with van der Waals surface area (Å²) in [6.07, 6.45) is 5.16. The Morgan fingerprint density at radius 2 is 1.93 bits per heavy atom. The highest BCUT2D eigenvalue weighted by atomic mass is 35.5. The van der Waals surface area contributed by atoms with Crippen LogP contribution in [0, 0.1) is 17.8 Å². The molecule has 2 unspecified atom stereocenters. The van der Waals surface area contributed by atoms with Gasteiger partial charge in [0.2, 0.25) is 5.91 Å². The van der Waals surface area contributed by atoms with Crippen LogP contribution in [0.3, 0.4) is 0 Å². The molecule has 8 heteroatoms. The molecule has 1 aromatic rings. The summed E-state index contributed by atoms with van der Waals surface area (Å²) in [4.78, 5) is 12.6. The number of amides is 1. The molecule has 0 radical (unpaired) electrons. The molecule has 0 spiro atoms. The maximum atomic E-state index is 12.6. The van der Waals surface area contributed by atoms with Gasteiger partial charge in [-0.3, -0.25) is 4.79 Å². The van der Waals surface area contributed by atoms with E-state index < -0.39 is 6.61 Å². The zero-order valence-electron chi connectivity index (χ0n) is 16.0. The number of fused-ring (bicyclic) bond motifs is 2. The summed E-state index contributed by atoms with van der Waals surface area (Å²) in [7, 11) is 0. The van der Waals surface area contributed by atoms with Gasteiger partial charge in [-0.25, -0.2) is 0 Å². The molecular weight excluding hydrogens is 390 g/mol. The Balaban J connectivity index is 0.00000280. The average molecular weight is 419 g/mol. The van der Waals surface area contributed by atoms with E-state index in [9.17, 15) is 13.6 Å². The second-order valence-electron chi connectivity index (χ2n) is 7.51. The number of alkyl halides is 2. The van der Waals surface area contributed by atoms with Crippen molar-refractivity contribution >= 4 is 18.3 Å². The molecule has 2 bridgehead atoms. The summed E-state index contributed by atoms with van der Waals surface area (Å²) in [5.74, 6) is 1.20. The first-order valence-corrected chi connectivity index (χ1v) is 9.71. The fourth-order valence-electron chi connectivity index (χ4n) is 4.46. The highest BCUT2D eigenvalue weighted by Gasteiger charge is 2.40. The van der Waals surface area contributed by atoms with Crippen LogP contribution in [-0.2, 0) is 11.3 Å². The first kappa shape index (κ1) is 22.7. The lowest BCUT2D eigenvalue weighted by Gasteiger charge is -2.43. The van der Waals surface area contributed by atoms with Crippen molar-refractivity contribution in [3.05, 3.63) is 23.8 Å². The summed E-state index contributed by atoms with van der Waals surface area (Å²) >= 11 is 0. The van der Waals surface area contributed by atoms with E-state index in [0.29, 0.717) is 25.0 Å². The lowest BCUT2D eigenvalue weighted by molar-refractivity contribution is -0.128. The third-order valence-corrected chi connectivity index (χ3v) is 5.77. The van der Waals surface area contributed by atoms with Crippen molar-refractivity contribution in [2.45, 2.75) is 58.2 Å². The number of rotatable bonds is 7. The van der Waals surface area contributed by atoms with Gasteiger partial charge in [0.25, 0.3) is 0 Å². The van der Waals surface area contributed by atoms with Gasteiger partial charge in [-0.2, -0.15) is 8.78 Å². The molecule has 3 N–H and O–H groups in total. The first-order chi connectivity index (χ1) is 13.0. The smallest absolute Gasteiger partial charge is 0.387 e. The number of carbonyl (C=O) groups excluding carboxylic acids is 1. The molecule has 2 fully saturated rings. The molecule has 2 aliphatic carbocycles. The van der Waals surface area contributed by atoms with Gasteiger partial charge in [0.05, 0.1) is 6.61 Å². The number of hydrogen-bond acceptors (Lipinski definition) is 4.